The van der Waals surface area contributed by atoms with Crippen LogP contribution in [0.3, 0.4) is 0 Å². The van der Waals surface area contributed by atoms with Crippen LogP contribution in [-0.2, 0) is 14.3 Å². The van der Waals surface area contributed by atoms with Crippen LogP contribution in [0.25, 0.3) is 0 Å². The predicted molar refractivity (Wildman–Crippen MR) is 101 cm³/mol. The van der Waals surface area contributed by atoms with Crippen LogP contribution in [0.4, 0.5) is 0 Å². The van der Waals surface area contributed by atoms with Gasteiger partial charge in [-0.15, -0.1) is 0 Å². The maximum atomic E-state index is 14.3. The summed E-state index contributed by atoms with van der Waals surface area (Å²) < 4.78 is 5.18. The van der Waals surface area contributed by atoms with Crippen molar-refractivity contribution in [2.45, 2.75) is 58.4 Å². The number of carbonyl (C=O) groups excluding carboxylic acids is 2. The zero-order chi connectivity index (χ0) is 18.7. The third-order valence-electron chi connectivity index (χ3n) is 9.59. The van der Waals surface area contributed by atoms with Gasteiger partial charge >= 0.3 is 5.97 Å². The van der Waals surface area contributed by atoms with Crippen molar-refractivity contribution in [2.24, 2.45) is 28.6 Å². The highest BCUT2D eigenvalue weighted by Gasteiger charge is 2.74. The molecule has 1 saturated carbocycles. The number of nitrogens with zero attached hydrogens (tertiary/aromatic N) is 1. The molecule has 2 aliphatic heterocycles. The summed E-state index contributed by atoms with van der Waals surface area (Å²) in [6, 6.07) is 0.493. The first-order valence-electron chi connectivity index (χ1n) is 10.7. The number of ether oxygens (including phenoxy) is 1. The summed E-state index contributed by atoms with van der Waals surface area (Å²) in [4.78, 5) is 29.6. The molecular formula is C23H29NO3. The molecule has 6 atom stereocenters. The third-order valence-corrected chi connectivity index (χ3v) is 9.59. The van der Waals surface area contributed by atoms with E-state index in [9.17, 15) is 9.59 Å². The molecule has 6 rings (SSSR count). The molecule has 3 fully saturated rings. The van der Waals surface area contributed by atoms with Crippen LogP contribution in [0, 0.1) is 28.6 Å². The first-order chi connectivity index (χ1) is 12.9. The molecule has 2 saturated heterocycles. The average molecular weight is 367 g/mol. The molecule has 0 N–H and O–H groups in total. The van der Waals surface area contributed by atoms with Crippen molar-refractivity contribution in [1.29, 1.82) is 0 Å². The van der Waals surface area contributed by atoms with Crippen LogP contribution in [0.1, 0.15) is 52.4 Å². The summed E-state index contributed by atoms with van der Waals surface area (Å²) in [6.45, 7) is 6.89. The average Bonchev–Trinajstić information content (AvgIpc) is 3.27. The Morgan fingerprint density at radius 3 is 2.81 bits per heavy atom. The minimum absolute atomic E-state index is 0.0385. The second-order valence-corrected chi connectivity index (χ2v) is 10.2. The van der Waals surface area contributed by atoms with E-state index in [2.05, 4.69) is 18.7 Å². The van der Waals surface area contributed by atoms with Crippen LogP contribution in [0.2, 0.25) is 0 Å². The van der Waals surface area contributed by atoms with E-state index in [1.807, 2.05) is 0 Å². The first-order valence-corrected chi connectivity index (χ1v) is 10.7. The Morgan fingerprint density at radius 2 is 2.04 bits per heavy atom. The Morgan fingerprint density at radius 1 is 1.22 bits per heavy atom. The van der Waals surface area contributed by atoms with E-state index in [0.717, 1.165) is 44.3 Å². The molecule has 0 aromatic rings. The summed E-state index contributed by atoms with van der Waals surface area (Å²) in [7, 11) is 1.48. The summed E-state index contributed by atoms with van der Waals surface area (Å²) in [5.74, 6) is 1.40. The lowest BCUT2D eigenvalue weighted by Gasteiger charge is -2.59. The number of allylic oxidation sites excluding steroid dienone is 3. The summed E-state index contributed by atoms with van der Waals surface area (Å²) in [6.07, 6.45) is 5.92. The number of carbonyl (C=O) groups is 2. The standard InChI is InChI=1S/C23H29NO3/c1-12-10-24-11-14-6-4-13-5-7-15-17(21(26)27-3)9-23(19(13)15)20(25)16(12)8-18(24)22(14,23)2/h12,14,16,18H,4-11H2,1-3H3/t12?,14?,16?,18?,22-,23+/m1/s1. The van der Waals surface area contributed by atoms with Gasteiger partial charge in [-0.05, 0) is 61.5 Å². The predicted octanol–water partition coefficient (Wildman–Crippen LogP) is 3.28. The number of piperidine rings is 1. The first kappa shape index (κ1) is 16.5. The van der Waals surface area contributed by atoms with E-state index in [-0.39, 0.29) is 17.3 Å². The fourth-order valence-electron chi connectivity index (χ4n) is 8.44. The second-order valence-electron chi connectivity index (χ2n) is 10.2. The molecule has 4 unspecified atom stereocenters. The Hall–Kier alpha value is -1.42. The summed E-state index contributed by atoms with van der Waals surface area (Å²) in [5, 5.41) is 0. The third kappa shape index (κ3) is 1.60. The topological polar surface area (TPSA) is 46.6 Å². The van der Waals surface area contributed by atoms with Crippen LogP contribution in [0.5, 0.6) is 0 Å². The van der Waals surface area contributed by atoms with Gasteiger partial charge in [0.15, 0.2) is 0 Å². The number of esters is 1. The maximum Gasteiger partial charge on any atom is 0.334 e. The van der Waals surface area contributed by atoms with E-state index < -0.39 is 5.41 Å². The number of fused-ring (bicyclic) bond motifs is 1. The molecule has 1 spiro atoms. The van der Waals surface area contributed by atoms with Crippen LogP contribution in [0.15, 0.2) is 22.3 Å². The van der Waals surface area contributed by atoms with Gasteiger partial charge in [0.05, 0.1) is 12.5 Å². The molecule has 27 heavy (non-hydrogen) atoms. The van der Waals surface area contributed by atoms with Gasteiger partial charge in [0.1, 0.15) is 5.78 Å². The van der Waals surface area contributed by atoms with E-state index in [1.54, 1.807) is 0 Å². The molecule has 0 aromatic heterocycles. The van der Waals surface area contributed by atoms with E-state index in [1.165, 1.54) is 30.2 Å². The van der Waals surface area contributed by atoms with Gasteiger partial charge < -0.3 is 4.74 Å². The van der Waals surface area contributed by atoms with Crippen molar-refractivity contribution < 1.29 is 14.3 Å². The lowest BCUT2D eigenvalue weighted by atomic mass is 9.45. The van der Waals surface area contributed by atoms with Crippen LogP contribution >= 0.6 is 0 Å². The number of Topliss-reactive ketones (excluding diaryl/α,β-unsaturated/α-hetero) is 1. The normalized spacial score (nSPS) is 47.4. The van der Waals surface area contributed by atoms with Crippen molar-refractivity contribution in [3.8, 4) is 0 Å². The highest BCUT2D eigenvalue weighted by Crippen LogP contribution is 2.73. The molecule has 0 radical (unpaired) electrons. The number of methoxy groups -OCH3 is 1. The maximum absolute atomic E-state index is 14.3. The van der Waals surface area contributed by atoms with Crippen molar-refractivity contribution in [3.05, 3.63) is 22.3 Å². The number of ketones is 1. The molecule has 4 nitrogen and oxygen atoms in total. The monoisotopic (exact) mass is 367 g/mol. The van der Waals surface area contributed by atoms with Gasteiger partial charge in [-0.2, -0.15) is 0 Å². The molecule has 6 aliphatic rings. The molecule has 2 heterocycles. The van der Waals surface area contributed by atoms with Crippen molar-refractivity contribution >= 4 is 11.8 Å². The minimum Gasteiger partial charge on any atom is -0.466 e. The van der Waals surface area contributed by atoms with Crippen molar-refractivity contribution in [2.75, 3.05) is 20.2 Å². The number of rotatable bonds is 1. The van der Waals surface area contributed by atoms with E-state index in [4.69, 9.17) is 4.74 Å². The Kier molecular flexibility index (Phi) is 3.03. The van der Waals surface area contributed by atoms with Gasteiger partial charge in [0.2, 0.25) is 0 Å². The fourth-order valence-corrected chi connectivity index (χ4v) is 8.44. The molecule has 4 aliphatic carbocycles. The molecular weight excluding hydrogens is 338 g/mol. The quantitative estimate of drug-likeness (QED) is 0.668. The minimum atomic E-state index is -0.462. The Balaban J connectivity index is 1.64. The largest absolute Gasteiger partial charge is 0.466 e. The number of hydrogen-bond donors (Lipinski definition) is 0. The highest BCUT2D eigenvalue weighted by atomic mass is 16.5. The smallest absolute Gasteiger partial charge is 0.334 e. The molecule has 0 aromatic carbocycles. The van der Waals surface area contributed by atoms with Crippen molar-refractivity contribution in [1.82, 2.24) is 4.90 Å². The van der Waals surface area contributed by atoms with Crippen LogP contribution in [-0.4, -0.2) is 42.9 Å². The van der Waals surface area contributed by atoms with E-state index >= 15 is 0 Å². The lowest BCUT2D eigenvalue weighted by molar-refractivity contribution is -0.156. The second kappa shape index (κ2) is 4.94. The molecule has 144 valence electrons. The van der Waals surface area contributed by atoms with Gasteiger partial charge in [-0.3, -0.25) is 9.69 Å². The zero-order valence-electron chi connectivity index (χ0n) is 16.6. The van der Waals surface area contributed by atoms with Gasteiger partial charge in [-0.25, -0.2) is 4.79 Å². The molecule has 4 heteroatoms. The Labute approximate surface area is 161 Å². The Bertz CT molecular complexity index is 854. The lowest BCUT2D eigenvalue weighted by Crippen LogP contribution is -2.65. The summed E-state index contributed by atoms with van der Waals surface area (Å²) >= 11 is 0. The van der Waals surface area contributed by atoms with Gasteiger partial charge in [-0.1, -0.05) is 19.4 Å². The molecule has 2 bridgehead atoms. The number of hydrogen-bond acceptors (Lipinski definition) is 4. The molecule has 0 amide bonds. The van der Waals surface area contributed by atoms with Gasteiger partial charge in [0, 0.05) is 36.0 Å². The zero-order valence-corrected chi connectivity index (χ0v) is 16.6. The highest BCUT2D eigenvalue weighted by molar-refractivity contribution is 6.01. The fraction of sp³-hybridized carbons (Fsp3) is 0.739. The van der Waals surface area contributed by atoms with Crippen LogP contribution < -0.4 is 0 Å². The van der Waals surface area contributed by atoms with Gasteiger partial charge in [0.25, 0.3) is 0 Å². The van der Waals surface area contributed by atoms with Crippen molar-refractivity contribution in [3.63, 3.8) is 0 Å². The summed E-state index contributed by atoms with van der Waals surface area (Å²) in [5.41, 5.74) is 4.33. The SMILES string of the molecule is COC(=O)C1=C2CCC3=C2[C@@]2(C1)C(=O)C1CC4N(CC1C)CC(CC3)[C@]42C. The van der Waals surface area contributed by atoms with E-state index in [0.29, 0.717) is 30.1 Å².